The minimum Gasteiger partial charge on any atom is -0.483 e. The van der Waals surface area contributed by atoms with Crippen LogP contribution in [0.4, 0.5) is 0 Å². The SMILES string of the molecule is O=C(COc1cccc2ccccc12)NN=CC1=C(N2CCOCC2)/C(=C\c2ccc(Cl)cc2)CC1. The maximum absolute atomic E-state index is 12.4. The van der Waals surface area contributed by atoms with Gasteiger partial charge in [0.05, 0.1) is 19.4 Å². The molecule has 184 valence electrons. The molecule has 3 aromatic carbocycles. The lowest BCUT2D eigenvalue weighted by Gasteiger charge is -2.31. The first kappa shape index (κ1) is 24.1. The van der Waals surface area contributed by atoms with Crippen molar-refractivity contribution in [2.45, 2.75) is 12.8 Å². The molecule has 0 unspecified atom stereocenters. The summed E-state index contributed by atoms with van der Waals surface area (Å²) < 4.78 is 11.3. The highest BCUT2D eigenvalue weighted by Crippen LogP contribution is 2.35. The van der Waals surface area contributed by atoms with Crippen molar-refractivity contribution in [3.8, 4) is 5.75 Å². The van der Waals surface area contributed by atoms with E-state index in [9.17, 15) is 4.79 Å². The van der Waals surface area contributed by atoms with Crippen LogP contribution in [-0.2, 0) is 9.53 Å². The van der Waals surface area contributed by atoms with Crippen molar-refractivity contribution in [2.24, 2.45) is 5.10 Å². The number of rotatable bonds is 7. The summed E-state index contributed by atoms with van der Waals surface area (Å²) in [5.74, 6) is 0.375. The molecule has 1 N–H and O–H groups in total. The number of hydrazone groups is 1. The Hall–Kier alpha value is -3.61. The van der Waals surface area contributed by atoms with E-state index >= 15 is 0 Å². The summed E-state index contributed by atoms with van der Waals surface area (Å²) in [6.45, 7) is 2.95. The minimum absolute atomic E-state index is 0.109. The molecule has 0 radical (unpaired) electrons. The minimum atomic E-state index is -0.303. The first-order valence-corrected chi connectivity index (χ1v) is 12.5. The Morgan fingerprint density at radius 1 is 1.03 bits per heavy atom. The van der Waals surface area contributed by atoms with Crippen LogP contribution in [0.3, 0.4) is 0 Å². The van der Waals surface area contributed by atoms with Gasteiger partial charge in [0.25, 0.3) is 5.91 Å². The van der Waals surface area contributed by atoms with E-state index < -0.39 is 0 Å². The third-order valence-electron chi connectivity index (χ3n) is 6.33. The van der Waals surface area contributed by atoms with E-state index in [2.05, 4.69) is 21.5 Å². The quantitative estimate of drug-likeness (QED) is 0.346. The van der Waals surface area contributed by atoms with Gasteiger partial charge >= 0.3 is 0 Å². The van der Waals surface area contributed by atoms with Crippen LogP contribution in [-0.4, -0.2) is 49.9 Å². The Kier molecular flexibility index (Phi) is 7.64. The van der Waals surface area contributed by atoms with Gasteiger partial charge in [0.1, 0.15) is 5.75 Å². The Morgan fingerprint density at radius 2 is 1.81 bits per heavy atom. The number of benzene rings is 3. The first-order valence-electron chi connectivity index (χ1n) is 12.1. The van der Waals surface area contributed by atoms with Crippen molar-refractivity contribution in [3.63, 3.8) is 0 Å². The third kappa shape index (κ3) is 5.78. The average molecular weight is 502 g/mol. The van der Waals surface area contributed by atoms with E-state index in [-0.39, 0.29) is 12.5 Å². The Morgan fingerprint density at radius 3 is 2.64 bits per heavy atom. The second-order valence-electron chi connectivity index (χ2n) is 8.75. The molecule has 7 heteroatoms. The van der Waals surface area contributed by atoms with Gasteiger partial charge < -0.3 is 14.4 Å². The van der Waals surface area contributed by atoms with E-state index in [1.54, 1.807) is 6.21 Å². The predicted octanol–water partition coefficient (Wildman–Crippen LogP) is 5.44. The number of allylic oxidation sites excluding steroid dienone is 2. The number of nitrogens with zero attached hydrogens (tertiary/aromatic N) is 2. The Bertz CT molecular complexity index is 1320. The molecule has 2 aliphatic rings. The topological polar surface area (TPSA) is 63.2 Å². The van der Waals surface area contributed by atoms with E-state index in [4.69, 9.17) is 21.1 Å². The summed E-state index contributed by atoms with van der Waals surface area (Å²) in [7, 11) is 0. The van der Waals surface area contributed by atoms with Crippen molar-refractivity contribution in [2.75, 3.05) is 32.9 Å². The molecule has 0 atom stereocenters. The van der Waals surface area contributed by atoms with Gasteiger partial charge in [-0.3, -0.25) is 4.79 Å². The number of halogens is 1. The highest BCUT2D eigenvalue weighted by molar-refractivity contribution is 6.30. The average Bonchev–Trinajstić information content (AvgIpc) is 3.31. The second-order valence-corrected chi connectivity index (χ2v) is 9.19. The van der Waals surface area contributed by atoms with Crippen LogP contribution >= 0.6 is 11.6 Å². The lowest BCUT2D eigenvalue weighted by atomic mass is 10.1. The second kappa shape index (κ2) is 11.4. The van der Waals surface area contributed by atoms with Crippen molar-refractivity contribution in [1.29, 1.82) is 0 Å². The zero-order valence-corrected chi connectivity index (χ0v) is 20.7. The molecule has 1 heterocycles. The highest BCUT2D eigenvalue weighted by atomic mass is 35.5. The van der Waals surface area contributed by atoms with Crippen LogP contribution in [0, 0.1) is 0 Å². The molecule has 3 aromatic rings. The number of nitrogens with one attached hydrogen (secondary N) is 1. The number of amides is 1. The summed E-state index contributed by atoms with van der Waals surface area (Å²) in [6, 6.07) is 21.6. The maximum atomic E-state index is 12.4. The zero-order chi connectivity index (χ0) is 24.7. The normalized spacial score (nSPS) is 17.4. The van der Waals surface area contributed by atoms with Crippen molar-refractivity contribution in [1.82, 2.24) is 10.3 Å². The van der Waals surface area contributed by atoms with Crippen molar-refractivity contribution < 1.29 is 14.3 Å². The fourth-order valence-electron chi connectivity index (χ4n) is 4.61. The summed E-state index contributed by atoms with van der Waals surface area (Å²) >= 11 is 6.05. The zero-order valence-electron chi connectivity index (χ0n) is 20.0. The number of hydrogen-bond acceptors (Lipinski definition) is 5. The Balaban J connectivity index is 1.28. The monoisotopic (exact) mass is 501 g/mol. The van der Waals surface area contributed by atoms with E-state index in [0.717, 1.165) is 52.9 Å². The van der Waals surface area contributed by atoms with Crippen LogP contribution in [0.15, 0.2) is 88.7 Å². The standard InChI is InChI=1S/C29H28ClN3O3/c30-25-12-8-21(9-13-25)18-23-10-11-24(29(23)33-14-16-35-17-15-33)19-31-32-28(34)20-36-27-7-3-5-22-4-1-2-6-26(22)27/h1-9,12-13,18-19H,10-11,14-17,20H2,(H,32,34)/b23-18-,31-19?. The molecule has 0 aromatic heterocycles. The molecule has 1 aliphatic heterocycles. The molecule has 0 spiro atoms. The molecule has 1 saturated heterocycles. The Labute approximate surface area is 215 Å². The maximum Gasteiger partial charge on any atom is 0.277 e. The van der Waals surface area contributed by atoms with Gasteiger partial charge in [-0.1, -0.05) is 60.1 Å². The predicted molar refractivity (Wildman–Crippen MR) is 144 cm³/mol. The molecule has 0 saturated carbocycles. The third-order valence-corrected chi connectivity index (χ3v) is 6.58. The molecule has 0 bridgehead atoms. The van der Waals surface area contributed by atoms with Gasteiger partial charge in [-0.2, -0.15) is 5.10 Å². The van der Waals surface area contributed by atoms with Crippen LogP contribution in [0.2, 0.25) is 5.02 Å². The summed E-state index contributed by atoms with van der Waals surface area (Å²) in [5, 5.41) is 7.03. The van der Waals surface area contributed by atoms with Gasteiger partial charge in [-0.25, -0.2) is 5.43 Å². The van der Waals surface area contributed by atoms with Gasteiger partial charge in [0, 0.05) is 29.2 Å². The summed E-state index contributed by atoms with van der Waals surface area (Å²) in [5.41, 5.74) is 7.26. The number of fused-ring (bicyclic) bond motifs is 1. The number of ether oxygens (including phenoxy) is 2. The van der Waals surface area contributed by atoms with Gasteiger partial charge in [-0.15, -0.1) is 0 Å². The fourth-order valence-corrected chi connectivity index (χ4v) is 4.74. The van der Waals surface area contributed by atoms with Crippen LogP contribution in [0.5, 0.6) is 5.75 Å². The molecule has 6 nitrogen and oxygen atoms in total. The summed E-state index contributed by atoms with van der Waals surface area (Å²) in [6.07, 6.45) is 5.74. The summed E-state index contributed by atoms with van der Waals surface area (Å²) in [4.78, 5) is 14.8. The molecule has 36 heavy (non-hydrogen) atoms. The fraction of sp³-hybridized carbons (Fsp3) is 0.241. The molecular formula is C29H28ClN3O3. The smallest absolute Gasteiger partial charge is 0.277 e. The lowest BCUT2D eigenvalue weighted by Crippen LogP contribution is -2.36. The molecule has 1 fully saturated rings. The van der Waals surface area contributed by atoms with Gasteiger partial charge in [0.15, 0.2) is 6.61 Å². The van der Waals surface area contributed by atoms with Crippen LogP contribution in [0.1, 0.15) is 18.4 Å². The largest absolute Gasteiger partial charge is 0.483 e. The van der Waals surface area contributed by atoms with Gasteiger partial charge in [-0.05, 0) is 59.2 Å². The number of hydrogen-bond donors (Lipinski definition) is 1. The number of carbonyl (C=O) groups excluding carboxylic acids is 1. The van der Waals surface area contributed by atoms with Crippen LogP contribution in [0.25, 0.3) is 16.8 Å². The van der Waals surface area contributed by atoms with E-state index in [1.807, 2.05) is 66.7 Å². The van der Waals surface area contributed by atoms with E-state index in [1.165, 1.54) is 11.3 Å². The molecule has 5 rings (SSSR count). The van der Waals surface area contributed by atoms with E-state index in [0.29, 0.717) is 19.0 Å². The van der Waals surface area contributed by atoms with Crippen LogP contribution < -0.4 is 10.2 Å². The first-order chi connectivity index (χ1) is 17.7. The van der Waals surface area contributed by atoms with Crippen molar-refractivity contribution >= 4 is 40.6 Å². The van der Waals surface area contributed by atoms with Crippen molar-refractivity contribution in [3.05, 3.63) is 94.2 Å². The number of carbonyl (C=O) groups is 1. The molecule has 1 aliphatic carbocycles. The number of morpholine rings is 1. The molecular weight excluding hydrogens is 474 g/mol. The molecule has 1 amide bonds. The lowest BCUT2D eigenvalue weighted by molar-refractivity contribution is -0.123. The highest BCUT2D eigenvalue weighted by Gasteiger charge is 2.25. The van der Waals surface area contributed by atoms with Gasteiger partial charge in [0.2, 0.25) is 0 Å².